The van der Waals surface area contributed by atoms with Gasteiger partial charge in [0.2, 0.25) is 0 Å². The van der Waals surface area contributed by atoms with Gasteiger partial charge in [0.1, 0.15) is 5.75 Å². The average Bonchev–Trinajstić information content (AvgIpc) is 2.82. The zero-order chi connectivity index (χ0) is 23.5. The molecule has 6 nitrogen and oxygen atoms in total. The number of ether oxygens (including phenoxy) is 2. The molecule has 0 saturated carbocycles. The SMILES string of the molecule is N#Cc1ccc(-c2ccc(OCCCCCCCOC(=O)c3cc(N)cc(N)c3)cc2)cc1. The summed E-state index contributed by atoms with van der Waals surface area (Å²) in [5, 5.41) is 8.89. The number of nitriles is 1. The van der Waals surface area contributed by atoms with E-state index < -0.39 is 5.97 Å². The summed E-state index contributed by atoms with van der Waals surface area (Å²) < 4.78 is 11.1. The first kappa shape index (κ1) is 23.7. The zero-order valence-electron chi connectivity index (χ0n) is 18.6. The number of unbranched alkanes of at least 4 members (excludes halogenated alkanes) is 4. The van der Waals surface area contributed by atoms with Crippen LogP contribution in [0.25, 0.3) is 11.1 Å². The Kier molecular flexibility index (Phi) is 8.72. The van der Waals surface area contributed by atoms with Crippen LogP contribution >= 0.6 is 0 Å². The summed E-state index contributed by atoms with van der Waals surface area (Å²) in [7, 11) is 0. The lowest BCUT2D eigenvalue weighted by molar-refractivity contribution is 0.0497. The van der Waals surface area contributed by atoms with Crippen molar-refractivity contribution in [1.82, 2.24) is 0 Å². The summed E-state index contributed by atoms with van der Waals surface area (Å²) in [6.07, 6.45) is 4.90. The molecule has 0 aliphatic heterocycles. The maximum atomic E-state index is 12.0. The van der Waals surface area contributed by atoms with Gasteiger partial charge in [-0.25, -0.2) is 4.79 Å². The third-order valence-electron chi connectivity index (χ3n) is 5.21. The van der Waals surface area contributed by atoms with Crippen molar-refractivity contribution >= 4 is 17.3 Å². The molecule has 33 heavy (non-hydrogen) atoms. The first-order valence-electron chi connectivity index (χ1n) is 11.1. The molecule has 0 bridgehead atoms. The molecule has 0 fully saturated rings. The molecule has 0 aliphatic carbocycles. The molecule has 3 aromatic carbocycles. The van der Waals surface area contributed by atoms with Gasteiger partial charge in [0.25, 0.3) is 0 Å². The zero-order valence-corrected chi connectivity index (χ0v) is 18.6. The lowest BCUT2D eigenvalue weighted by atomic mass is 10.0. The van der Waals surface area contributed by atoms with Gasteiger partial charge in [0, 0.05) is 11.4 Å². The normalized spacial score (nSPS) is 10.4. The largest absolute Gasteiger partial charge is 0.494 e. The lowest BCUT2D eigenvalue weighted by Gasteiger charge is -2.08. The number of carbonyl (C=O) groups excluding carboxylic acids is 1. The standard InChI is InChI=1S/C27H29N3O3/c28-19-20-6-8-21(9-7-20)22-10-12-26(13-11-22)32-14-4-2-1-3-5-15-33-27(31)23-16-24(29)18-25(30)17-23/h6-13,16-18H,1-5,14-15,29-30H2. The number of benzene rings is 3. The van der Waals surface area contributed by atoms with Crippen LogP contribution in [0, 0.1) is 11.3 Å². The van der Waals surface area contributed by atoms with Gasteiger partial charge in [-0.05, 0) is 66.4 Å². The van der Waals surface area contributed by atoms with Crippen LogP contribution < -0.4 is 16.2 Å². The van der Waals surface area contributed by atoms with E-state index in [0.29, 0.717) is 35.7 Å². The summed E-state index contributed by atoms with van der Waals surface area (Å²) in [5.41, 5.74) is 15.5. The maximum absolute atomic E-state index is 12.0. The number of hydrogen-bond acceptors (Lipinski definition) is 6. The summed E-state index contributed by atoms with van der Waals surface area (Å²) in [4.78, 5) is 12.0. The van der Waals surface area contributed by atoms with E-state index in [1.165, 1.54) is 0 Å². The molecule has 0 atom stereocenters. The van der Waals surface area contributed by atoms with Crippen molar-refractivity contribution in [1.29, 1.82) is 5.26 Å². The number of nitrogens with two attached hydrogens (primary N) is 2. The second-order valence-corrected chi connectivity index (χ2v) is 7.85. The molecule has 4 N–H and O–H groups in total. The first-order chi connectivity index (χ1) is 16.0. The van der Waals surface area contributed by atoms with Gasteiger partial charge in [-0.2, -0.15) is 5.26 Å². The molecule has 6 heteroatoms. The van der Waals surface area contributed by atoms with E-state index in [0.717, 1.165) is 49.0 Å². The number of rotatable bonds is 11. The van der Waals surface area contributed by atoms with Crippen LogP contribution in [-0.2, 0) is 4.74 Å². The fraction of sp³-hybridized carbons (Fsp3) is 0.259. The number of esters is 1. The van der Waals surface area contributed by atoms with Crippen molar-refractivity contribution in [3.8, 4) is 22.9 Å². The quantitative estimate of drug-likeness (QED) is 0.227. The number of nitrogens with zero attached hydrogens (tertiary/aromatic N) is 1. The second-order valence-electron chi connectivity index (χ2n) is 7.85. The smallest absolute Gasteiger partial charge is 0.338 e. The third-order valence-corrected chi connectivity index (χ3v) is 5.21. The number of hydrogen-bond donors (Lipinski definition) is 2. The van der Waals surface area contributed by atoms with Crippen molar-refractivity contribution in [2.45, 2.75) is 32.1 Å². The highest BCUT2D eigenvalue weighted by atomic mass is 16.5. The van der Waals surface area contributed by atoms with E-state index in [-0.39, 0.29) is 0 Å². The van der Waals surface area contributed by atoms with E-state index in [2.05, 4.69) is 6.07 Å². The van der Waals surface area contributed by atoms with Gasteiger partial charge in [0.15, 0.2) is 0 Å². The number of carbonyl (C=O) groups is 1. The Morgan fingerprint density at radius 2 is 1.30 bits per heavy atom. The summed E-state index contributed by atoms with van der Waals surface area (Å²) in [5.74, 6) is 0.453. The van der Waals surface area contributed by atoms with Crippen molar-refractivity contribution in [2.24, 2.45) is 0 Å². The molecule has 170 valence electrons. The Morgan fingerprint density at radius 3 is 1.91 bits per heavy atom. The van der Waals surface area contributed by atoms with E-state index in [4.69, 9.17) is 26.2 Å². The van der Waals surface area contributed by atoms with Crippen LogP contribution in [0.5, 0.6) is 5.75 Å². The predicted molar refractivity (Wildman–Crippen MR) is 131 cm³/mol. The van der Waals surface area contributed by atoms with E-state index in [1.54, 1.807) is 18.2 Å². The third kappa shape index (κ3) is 7.58. The summed E-state index contributed by atoms with van der Waals surface area (Å²) in [6, 6.07) is 22.4. The number of nitrogen functional groups attached to an aromatic ring is 2. The molecule has 0 spiro atoms. The molecule has 0 aliphatic rings. The van der Waals surface area contributed by atoms with Crippen LogP contribution in [0.3, 0.4) is 0 Å². The topological polar surface area (TPSA) is 111 Å². The average molecular weight is 444 g/mol. The Morgan fingerprint density at radius 1 is 0.758 bits per heavy atom. The minimum atomic E-state index is -0.396. The lowest BCUT2D eigenvalue weighted by Crippen LogP contribution is -2.08. The molecule has 0 unspecified atom stereocenters. The van der Waals surface area contributed by atoms with Crippen molar-refractivity contribution < 1.29 is 14.3 Å². The van der Waals surface area contributed by atoms with Crippen LogP contribution in [0.2, 0.25) is 0 Å². The van der Waals surface area contributed by atoms with Crippen molar-refractivity contribution in [3.05, 3.63) is 77.9 Å². The molecule has 0 amide bonds. The van der Waals surface area contributed by atoms with Crippen LogP contribution in [0.1, 0.15) is 48.0 Å². The van der Waals surface area contributed by atoms with Gasteiger partial charge >= 0.3 is 5.97 Å². The highest BCUT2D eigenvalue weighted by Crippen LogP contribution is 2.23. The number of anilines is 2. The monoisotopic (exact) mass is 443 g/mol. The van der Waals surface area contributed by atoms with Crippen molar-refractivity contribution in [3.63, 3.8) is 0 Å². The van der Waals surface area contributed by atoms with Crippen LogP contribution in [-0.4, -0.2) is 19.2 Å². The van der Waals surface area contributed by atoms with Crippen molar-refractivity contribution in [2.75, 3.05) is 24.7 Å². The Hall–Kier alpha value is -3.98. The molecule has 0 aromatic heterocycles. The van der Waals surface area contributed by atoms with Gasteiger partial charge < -0.3 is 20.9 Å². The fourth-order valence-electron chi connectivity index (χ4n) is 3.45. The summed E-state index contributed by atoms with van der Waals surface area (Å²) in [6.45, 7) is 1.05. The molecule has 0 heterocycles. The highest BCUT2D eigenvalue weighted by molar-refractivity contribution is 5.91. The summed E-state index contributed by atoms with van der Waals surface area (Å²) >= 11 is 0. The minimum Gasteiger partial charge on any atom is -0.494 e. The molecular weight excluding hydrogens is 414 g/mol. The Bertz CT molecular complexity index is 1070. The highest BCUT2D eigenvalue weighted by Gasteiger charge is 2.08. The molecular formula is C27H29N3O3. The second kappa shape index (κ2) is 12.2. The van der Waals surface area contributed by atoms with Gasteiger partial charge in [-0.15, -0.1) is 0 Å². The van der Waals surface area contributed by atoms with E-state index >= 15 is 0 Å². The molecule has 0 saturated heterocycles. The maximum Gasteiger partial charge on any atom is 0.338 e. The minimum absolute atomic E-state index is 0.384. The van der Waals surface area contributed by atoms with Gasteiger partial charge in [-0.1, -0.05) is 43.5 Å². The molecule has 3 aromatic rings. The van der Waals surface area contributed by atoms with Gasteiger partial charge in [-0.3, -0.25) is 0 Å². The van der Waals surface area contributed by atoms with Gasteiger partial charge in [0.05, 0.1) is 30.4 Å². The Balaban J connectivity index is 1.26. The molecule has 3 rings (SSSR count). The fourth-order valence-corrected chi connectivity index (χ4v) is 3.45. The van der Waals surface area contributed by atoms with E-state index in [1.807, 2.05) is 48.5 Å². The van der Waals surface area contributed by atoms with Crippen LogP contribution in [0.15, 0.2) is 66.7 Å². The molecule has 0 radical (unpaired) electrons. The van der Waals surface area contributed by atoms with Crippen LogP contribution in [0.4, 0.5) is 11.4 Å². The predicted octanol–water partition coefficient (Wildman–Crippen LogP) is 5.58. The first-order valence-corrected chi connectivity index (χ1v) is 11.1. The Labute approximate surface area is 194 Å². The van der Waals surface area contributed by atoms with E-state index in [9.17, 15) is 4.79 Å².